The number of rotatable bonds is 8. The van der Waals surface area contributed by atoms with Crippen LogP contribution in [-0.2, 0) is 5.41 Å². The minimum atomic E-state index is -0.268. The molecular formula is C28H35FN8O2. The highest BCUT2D eigenvalue weighted by Gasteiger charge is 2.44. The Morgan fingerprint density at radius 2 is 1.85 bits per heavy atom. The highest BCUT2D eigenvalue weighted by molar-refractivity contribution is 5.75. The van der Waals surface area contributed by atoms with Crippen molar-refractivity contribution >= 4 is 29.0 Å². The van der Waals surface area contributed by atoms with Crippen LogP contribution in [0.4, 0.5) is 33.3 Å². The first kappa shape index (κ1) is 25.5. The van der Waals surface area contributed by atoms with Crippen molar-refractivity contribution in [1.29, 1.82) is 0 Å². The number of aliphatic hydroxyl groups is 1. The van der Waals surface area contributed by atoms with E-state index in [1.54, 1.807) is 25.4 Å². The van der Waals surface area contributed by atoms with Gasteiger partial charge in [0.2, 0.25) is 11.8 Å². The van der Waals surface area contributed by atoms with E-state index in [2.05, 4.69) is 44.5 Å². The summed E-state index contributed by atoms with van der Waals surface area (Å²) in [6.07, 6.45) is 4.05. The zero-order chi connectivity index (χ0) is 27.1. The highest BCUT2D eigenvalue weighted by Crippen LogP contribution is 2.47. The molecule has 1 saturated heterocycles. The van der Waals surface area contributed by atoms with Crippen LogP contribution in [0, 0.1) is 17.7 Å². The summed E-state index contributed by atoms with van der Waals surface area (Å²) >= 11 is 0. The Labute approximate surface area is 227 Å². The summed E-state index contributed by atoms with van der Waals surface area (Å²) in [7, 11) is 1.60. The van der Waals surface area contributed by atoms with Crippen LogP contribution >= 0.6 is 0 Å². The second-order valence-corrected chi connectivity index (χ2v) is 11.3. The number of halogens is 1. The van der Waals surface area contributed by atoms with Gasteiger partial charge in [0.25, 0.3) is 0 Å². The maximum atomic E-state index is 13.7. The quantitative estimate of drug-likeness (QED) is 0.397. The van der Waals surface area contributed by atoms with Crippen LogP contribution in [0.5, 0.6) is 5.88 Å². The Kier molecular flexibility index (Phi) is 6.62. The van der Waals surface area contributed by atoms with Crippen molar-refractivity contribution in [2.24, 2.45) is 11.8 Å². The van der Waals surface area contributed by atoms with E-state index in [9.17, 15) is 9.50 Å². The summed E-state index contributed by atoms with van der Waals surface area (Å²) in [6.45, 7) is 7.21. The SMILES string of the molecule is COc1cc(N2C[C@H]3CC[C@@H](C2)[C@H]3Nc2nc(NCCO)c3c(n2)N(c2ccc(F)cc2)CC3(C)C)cnn1. The summed E-state index contributed by atoms with van der Waals surface area (Å²) in [4.78, 5) is 14.5. The van der Waals surface area contributed by atoms with Crippen molar-refractivity contribution in [2.75, 3.05) is 60.3 Å². The lowest BCUT2D eigenvalue weighted by atomic mass is 9.88. The summed E-state index contributed by atoms with van der Waals surface area (Å²) in [6, 6.07) is 8.71. The molecule has 3 aromatic rings. The Balaban J connectivity index is 1.30. The minimum Gasteiger partial charge on any atom is -0.480 e. The van der Waals surface area contributed by atoms with Crippen molar-refractivity contribution in [2.45, 2.75) is 38.1 Å². The molecule has 0 spiro atoms. The first-order chi connectivity index (χ1) is 18.9. The van der Waals surface area contributed by atoms with Crippen LogP contribution in [0.2, 0.25) is 0 Å². The molecule has 0 unspecified atom stereocenters. The van der Waals surface area contributed by atoms with Crippen molar-refractivity contribution in [1.82, 2.24) is 20.2 Å². The van der Waals surface area contributed by atoms with E-state index in [0.29, 0.717) is 36.8 Å². The Hall–Kier alpha value is -3.73. The fraction of sp³-hybridized carbons (Fsp3) is 0.500. The molecule has 3 aliphatic rings. The fourth-order valence-electron chi connectivity index (χ4n) is 6.45. The average Bonchev–Trinajstić information content (AvgIpc) is 3.33. The third kappa shape index (κ3) is 4.80. The summed E-state index contributed by atoms with van der Waals surface area (Å²) in [5.74, 6) is 3.21. The minimum absolute atomic E-state index is 0.000892. The van der Waals surface area contributed by atoms with Gasteiger partial charge >= 0.3 is 0 Å². The predicted octanol–water partition coefficient (Wildman–Crippen LogP) is 3.57. The molecule has 6 rings (SSSR count). The third-order valence-electron chi connectivity index (χ3n) is 8.24. The maximum Gasteiger partial charge on any atom is 0.235 e. The first-order valence-corrected chi connectivity index (χ1v) is 13.5. The summed E-state index contributed by atoms with van der Waals surface area (Å²) in [5, 5.41) is 24.7. The molecule has 11 heteroatoms. The molecule has 3 N–H and O–H groups in total. The van der Waals surface area contributed by atoms with Crippen molar-refractivity contribution in [3.8, 4) is 5.88 Å². The average molecular weight is 535 g/mol. The zero-order valence-corrected chi connectivity index (χ0v) is 22.6. The van der Waals surface area contributed by atoms with E-state index in [-0.39, 0.29) is 23.9 Å². The Morgan fingerprint density at radius 1 is 1.10 bits per heavy atom. The van der Waals surface area contributed by atoms with Crippen molar-refractivity contribution in [3.05, 3.63) is 47.9 Å². The molecule has 2 aromatic heterocycles. The second-order valence-electron chi connectivity index (χ2n) is 11.3. The van der Waals surface area contributed by atoms with Crippen molar-refractivity contribution < 1.29 is 14.2 Å². The lowest BCUT2D eigenvalue weighted by molar-refractivity contribution is 0.311. The molecule has 39 heavy (non-hydrogen) atoms. The molecule has 10 nitrogen and oxygen atoms in total. The molecule has 3 atom stereocenters. The Bertz CT molecular complexity index is 1320. The number of hydrogen-bond acceptors (Lipinski definition) is 10. The first-order valence-electron chi connectivity index (χ1n) is 13.5. The molecule has 1 aliphatic carbocycles. The number of hydrogen-bond donors (Lipinski definition) is 3. The number of nitrogens with zero attached hydrogens (tertiary/aromatic N) is 6. The standard InChI is InChI=1S/C28H35FN8O2/c1-28(2)16-37(20-8-6-19(29)7-9-20)26-23(28)25(30-10-11-38)33-27(34-26)32-24-17-4-5-18(24)15-36(14-17)21-12-22(39-3)35-31-13-21/h6-9,12-13,17-18,24,38H,4-5,10-11,14-16H2,1-3H3,(H2,30,32,33,34)/t17-,18+,24+. The second kappa shape index (κ2) is 10.1. The number of nitrogens with one attached hydrogen (secondary N) is 2. The van der Waals surface area contributed by atoms with Crippen molar-refractivity contribution in [3.63, 3.8) is 0 Å². The van der Waals surface area contributed by atoms with Gasteiger partial charge in [-0.3, -0.25) is 0 Å². The van der Waals surface area contributed by atoms with Crippen LogP contribution in [0.1, 0.15) is 32.3 Å². The van der Waals surface area contributed by atoms with E-state index in [1.165, 1.54) is 12.1 Å². The van der Waals surface area contributed by atoms with E-state index < -0.39 is 0 Å². The van der Waals surface area contributed by atoms with Gasteiger partial charge < -0.3 is 30.3 Å². The predicted molar refractivity (Wildman–Crippen MR) is 148 cm³/mol. The summed E-state index contributed by atoms with van der Waals surface area (Å²) in [5.41, 5.74) is 2.67. The fourth-order valence-corrected chi connectivity index (χ4v) is 6.45. The lowest BCUT2D eigenvalue weighted by Gasteiger charge is -2.39. The molecule has 0 amide bonds. The lowest BCUT2D eigenvalue weighted by Crippen LogP contribution is -2.48. The normalized spacial score (nSPS) is 23.1. The third-order valence-corrected chi connectivity index (χ3v) is 8.24. The number of aliphatic hydroxyl groups excluding tert-OH is 1. The molecular weight excluding hydrogens is 499 g/mol. The molecule has 0 radical (unpaired) electrons. The van der Waals surface area contributed by atoms with Gasteiger partial charge in [-0.05, 0) is 48.9 Å². The molecule has 2 fully saturated rings. The number of aromatic nitrogens is 4. The molecule has 1 aromatic carbocycles. The van der Waals surface area contributed by atoms with Gasteiger partial charge in [-0.15, -0.1) is 5.10 Å². The number of methoxy groups -OCH3 is 1. The molecule has 206 valence electrons. The van der Waals surface area contributed by atoms with Gasteiger partial charge in [-0.1, -0.05) is 13.8 Å². The molecule has 1 saturated carbocycles. The van der Waals surface area contributed by atoms with Crippen LogP contribution in [0.25, 0.3) is 0 Å². The zero-order valence-electron chi connectivity index (χ0n) is 22.6. The van der Waals surface area contributed by atoms with Gasteiger partial charge in [0, 0.05) is 55.0 Å². The van der Waals surface area contributed by atoms with E-state index in [4.69, 9.17) is 14.7 Å². The Morgan fingerprint density at radius 3 is 2.54 bits per heavy atom. The highest BCUT2D eigenvalue weighted by atomic mass is 19.1. The summed E-state index contributed by atoms with van der Waals surface area (Å²) < 4.78 is 19.0. The van der Waals surface area contributed by atoms with Gasteiger partial charge in [0.15, 0.2) is 0 Å². The topological polar surface area (TPSA) is 112 Å². The maximum absolute atomic E-state index is 13.7. The number of benzene rings is 1. The van der Waals surface area contributed by atoms with Gasteiger partial charge in [0.05, 0.1) is 25.6 Å². The van der Waals surface area contributed by atoms with E-state index in [0.717, 1.165) is 54.5 Å². The van der Waals surface area contributed by atoms with Crippen LogP contribution in [0.3, 0.4) is 0 Å². The molecule has 4 heterocycles. The molecule has 2 aliphatic heterocycles. The smallest absolute Gasteiger partial charge is 0.235 e. The largest absolute Gasteiger partial charge is 0.480 e. The number of anilines is 5. The van der Waals surface area contributed by atoms with E-state index in [1.807, 2.05) is 6.07 Å². The van der Waals surface area contributed by atoms with Gasteiger partial charge in [-0.2, -0.15) is 15.1 Å². The monoisotopic (exact) mass is 534 g/mol. The number of piperidine rings is 1. The number of ether oxygens (including phenoxy) is 1. The molecule has 2 bridgehead atoms. The van der Waals surface area contributed by atoms with Crippen LogP contribution in [0.15, 0.2) is 36.5 Å². The van der Waals surface area contributed by atoms with Gasteiger partial charge in [-0.25, -0.2) is 4.39 Å². The van der Waals surface area contributed by atoms with Crippen LogP contribution < -0.4 is 25.2 Å². The van der Waals surface area contributed by atoms with E-state index >= 15 is 0 Å². The van der Waals surface area contributed by atoms with Gasteiger partial charge in [0.1, 0.15) is 17.5 Å². The number of fused-ring (bicyclic) bond motifs is 3. The van der Waals surface area contributed by atoms with Crippen LogP contribution in [-0.4, -0.2) is 71.2 Å².